The lowest BCUT2D eigenvalue weighted by Gasteiger charge is -2.33. The standard InChI is InChI=1S/C15H24N2O/c1-10-7-11(2)14(12(3)8-10)15(16-4)13-9-17-5-6-18-13/h7-8,13,15-17H,5-6,9H2,1-4H3. The second-order valence-electron chi connectivity index (χ2n) is 5.19. The van der Waals surface area contributed by atoms with Crippen LogP contribution in [-0.4, -0.2) is 32.8 Å². The van der Waals surface area contributed by atoms with E-state index >= 15 is 0 Å². The van der Waals surface area contributed by atoms with Crippen molar-refractivity contribution in [3.63, 3.8) is 0 Å². The molecule has 1 heterocycles. The van der Waals surface area contributed by atoms with Gasteiger partial charge in [-0.1, -0.05) is 17.7 Å². The number of aryl methyl sites for hydroxylation is 3. The van der Waals surface area contributed by atoms with Gasteiger partial charge < -0.3 is 15.4 Å². The number of rotatable bonds is 3. The molecule has 0 amide bonds. The molecule has 2 rings (SSSR count). The molecule has 0 aliphatic carbocycles. The highest BCUT2D eigenvalue weighted by molar-refractivity contribution is 5.40. The van der Waals surface area contributed by atoms with Crippen molar-refractivity contribution in [3.05, 3.63) is 34.4 Å². The summed E-state index contributed by atoms with van der Waals surface area (Å²) in [6.07, 6.45) is 0.212. The maximum absolute atomic E-state index is 5.90. The zero-order valence-electron chi connectivity index (χ0n) is 11.8. The van der Waals surface area contributed by atoms with Gasteiger partial charge in [0.2, 0.25) is 0 Å². The smallest absolute Gasteiger partial charge is 0.0894 e. The van der Waals surface area contributed by atoms with Gasteiger partial charge in [0.25, 0.3) is 0 Å². The lowest BCUT2D eigenvalue weighted by Crippen LogP contribution is -2.45. The van der Waals surface area contributed by atoms with E-state index in [9.17, 15) is 0 Å². The van der Waals surface area contributed by atoms with Crippen molar-refractivity contribution >= 4 is 0 Å². The first-order valence-electron chi connectivity index (χ1n) is 6.71. The monoisotopic (exact) mass is 248 g/mol. The lowest BCUT2D eigenvalue weighted by molar-refractivity contribution is 0.00511. The molecule has 1 aliphatic heterocycles. The van der Waals surface area contributed by atoms with Crippen LogP contribution < -0.4 is 10.6 Å². The molecule has 2 unspecified atom stereocenters. The number of morpholine rings is 1. The summed E-state index contributed by atoms with van der Waals surface area (Å²) in [5.74, 6) is 0. The van der Waals surface area contributed by atoms with Crippen molar-refractivity contribution in [1.29, 1.82) is 0 Å². The van der Waals surface area contributed by atoms with E-state index in [1.807, 2.05) is 7.05 Å². The SMILES string of the molecule is CNC(c1c(C)cc(C)cc1C)C1CNCCO1. The third-order valence-corrected chi connectivity index (χ3v) is 3.69. The number of ether oxygens (including phenoxy) is 1. The summed E-state index contributed by atoms with van der Waals surface area (Å²) in [5, 5.41) is 6.83. The number of benzene rings is 1. The predicted molar refractivity (Wildman–Crippen MR) is 75.1 cm³/mol. The maximum atomic E-state index is 5.90. The van der Waals surface area contributed by atoms with Gasteiger partial charge in [0.1, 0.15) is 0 Å². The third kappa shape index (κ3) is 2.74. The first kappa shape index (κ1) is 13.5. The molecule has 0 bridgehead atoms. The highest BCUT2D eigenvalue weighted by atomic mass is 16.5. The largest absolute Gasteiger partial charge is 0.374 e. The zero-order valence-corrected chi connectivity index (χ0v) is 11.8. The van der Waals surface area contributed by atoms with Crippen molar-refractivity contribution in [3.8, 4) is 0 Å². The Bertz CT molecular complexity index is 388. The molecule has 1 saturated heterocycles. The topological polar surface area (TPSA) is 33.3 Å². The Hall–Kier alpha value is -0.900. The number of nitrogens with one attached hydrogen (secondary N) is 2. The Morgan fingerprint density at radius 1 is 1.28 bits per heavy atom. The molecule has 2 atom stereocenters. The van der Waals surface area contributed by atoms with Crippen LogP contribution in [0.3, 0.4) is 0 Å². The lowest BCUT2D eigenvalue weighted by atomic mass is 9.91. The third-order valence-electron chi connectivity index (χ3n) is 3.69. The Morgan fingerprint density at radius 3 is 2.44 bits per heavy atom. The highest BCUT2D eigenvalue weighted by Crippen LogP contribution is 2.27. The van der Waals surface area contributed by atoms with E-state index in [2.05, 4.69) is 43.5 Å². The second-order valence-corrected chi connectivity index (χ2v) is 5.19. The number of hydrogen-bond acceptors (Lipinski definition) is 3. The molecule has 0 radical (unpaired) electrons. The molecule has 2 N–H and O–H groups in total. The minimum atomic E-state index is 0.212. The fraction of sp³-hybridized carbons (Fsp3) is 0.600. The fourth-order valence-corrected chi connectivity index (χ4v) is 3.00. The first-order valence-corrected chi connectivity index (χ1v) is 6.71. The average molecular weight is 248 g/mol. The molecule has 100 valence electrons. The molecule has 1 fully saturated rings. The molecule has 0 saturated carbocycles. The van der Waals surface area contributed by atoms with Crippen molar-refractivity contribution < 1.29 is 4.74 Å². The summed E-state index contributed by atoms with van der Waals surface area (Å²) >= 11 is 0. The summed E-state index contributed by atoms with van der Waals surface area (Å²) in [6.45, 7) is 9.20. The number of hydrogen-bond donors (Lipinski definition) is 2. The fourth-order valence-electron chi connectivity index (χ4n) is 3.00. The quantitative estimate of drug-likeness (QED) is 0.856. The van der Waals surface area contributed by atoms with E-state index in [-0.39, 0.29) is 12.1 Å². The normalized spacial score (nSPS) is 21.9. The molecule has 18 heavy (non-hydrogen) atoms. The van der Waals surface area contributed by atoms with Crippen molar-refractivity contribution in [2.24, 2.45) is 0 Å². The Kier molecular flexibility index (Phi) is 4.38. The van der Waals surface area contributed by atoms with Crippen molar-refractivity contribution in [2.75, 3.05) is 26.7 Å². The molecule has 3 nitrogen and oxygen atoms in total. The van der Waals surface area contributed by atoms with E-state index in [4.69, 9.17) is 4.74 Å². The summed E-state index contributed by atoms with van der Waals surface area (Å²) in [5.41, 5.74) is 5.41. The van der Waals surface area contributed by atoms with Crippen LogP contribution in [0.15, 0.2) is 12.1 Å². The van der Waals surface area contributed by atoms with Gasteiger partial charge >= 0.3 is 0 Å². The molecule has 3 heteroatoms. The molecule has 0 aromatic heterocycles. The number of likely N-dealkylation sites (N-methyl/N-ethyl adjacent to an activating group) is 1. The van der Waals surface area contributed by atoms with Crippen LogP contribution >= 0.6 is 0 Å². The van der Waals surface area contributed by atoms with E-state index in [0.717, 1.165) is 19.7 Å². The van der Waals surface area contributed by atoms with E-state index in [1.165, 1.54) is 22.3 Å². The minimum Gasteiger partial charge on any atom is -0.374 e. The summed E-state index contributed by atoms with van der Waals surface area (Å²) in [6, 6.07) is 4.77. The molecule has 1 aromatic rings. The Balaban J connectivity index is 2.32. The Labute approximate surface area is 110 Å². The van der Waals surface area contributed by atoms with Gasteiger partial charge in [0.05, 0.1) is 18.8 Å². The van der Waals surface area contributed by atoms with Gasteiger partial charge in [-0.25, -0.2) is 0 Å². The maximum Gasteiger partial charge on any atom is 0.0894 e. The highest BCUT2D eigenvalue weighted by Gasteiger charge is 2.26. The van der Waals surface area contributed by atoms with Gasteiger partial charge in [0, 0.05) is 13.1 Å². The molecular formula is C15H24N2O. The van der Waals surface area contributed by atoms with Crippen LogP contribution in [0.4, 0.5) is 0 Å². The van der Waals surface area contributed by atoms with Gasteiger partial charge in [-0.05, 0) is 44.5 Å². The van der Waals surface area contributed by atoms with Gasteiger partial charge in [-0.15, -0.1) is 0 Å². The summed E-state index contributed by atoms with van der Waals surface area (Å²) in [7, 11) is 2.02. The summed E-state index contributed by atoms with van der Waals surface area (Å²) in [4.78, 5) is 0. The Morgan fingerprint density at radius 2 is 1.94 bits per heavy atom. The average Bonchev–Trinajstić information content (AvgIpc) is 2.34. The van der Waals surface area contributed by atoms with Crippen molar-refractivity contribution in [2.45, 2.75) is 32.9 Å². The van der Waals surface area contributed by atoms with E-state index < -0.39 is 0 Å². The molecule has 1 aliphatic rings. The summed E-state index contributed by atoms with van der Waals surface area (Å²) < 4.78 is 5.90. The second kappa shape index (κ2) is 5.83. The van der Waals surface area contributed by atoms with Crippen LogP contribution in [0, 0.1) is 20.8 Å². The molecular weight excluding hydrogens is 224 g/mol. The predicted octanol–water partition coefficient (Wildman–Crippen LogP) is 1.86. The first-order chi connectivity index (χ1) is 8.63. The van der Waals surface area contributed by atoms with Crippen LogP contribution in [-0.2, 0) is 4.74 Å². The van der Waals surface area contributed by atoms with Crippen LogP contribution in [0.5, 0.6) is 0 Å². The van der Waals surface area contributed by atoms with Crippen molar-refractivity contribution in [1.82, 2.24) is 10.6 Å². The van der Waals surface area contributed by atoms with Gasteiger partial charge in [-0.3, -0.25) is 0 Å². The zero-order chi connectivity index (χ0) is 13.1. The molecule has 0 spiro atoms. The minimum absolute atomic E-state index is 0.212. The molecule has 1 aromatic carbocycles. The van der Waals surface area contributed by atoms with Crippen LogP contribution in [0.2, 0.25) is 0 Å². The van der Waals surface area contributed by atoms with Gasteiger partial charge in [-0.2, -0.15) is 0 Å². The van der Waals surface area contributed by atoms with Gasteiger partial charge in [0.15, 0.2) is 0 Å². The van der Waals surface area contributed by atoms with Crippen LogP contribution in [0.1, 0.15) is 28.3 Å². The van der Waals surface area contributed by atoms with E-state index in [0.29, 0.717) is 0 Å². The van der Waals surface area contributed by atoms with E-state index in [1.54, 1.807) is 0 Å². The van der Waals surface area contributed by atoms with Crippen LogP contribution in [0.25, 0.3) is 0 Å².